The van der Waals surface area contributed by atoms with Crippen molar-refractivity contribution in [3.63, 3.8) is 0 Å². The van der Waals surface area contributed by atoms with E-state index in [0.29, 0.717) is 52.0 Å². The molecule has 1 saturated heterocycles. The number of methoxy groups -OCH3 is 3. The van der Waals surface area contributed by atoms with Gasteiger partial charge in [-0.15, -0.1) is 0 Å². The Labute approximate surface area is 215 Å². The van der Waals surface area contributed by atoms with Gasteiger partial charge in [0, 0.05) is 17.3 Å². The van der Waals surface area contributed by atoms with E-state index in [9.17, 15) is 14.7 Å². The highest BCUT2D eigenvalue weighted by atomic mass is 16.5. The van der Waals surface area contributed by atoms with Crippen LogP contribution >= 0.6 is 0 Å². The van der Waals surface area contributed by atoms with Crippen LogP contribution in [0.4, 0.5) is 5.69 Å². The third-order valence-electron chi connectivity index (χ3n) is 6.27. The van der Waals surface area contributed by atoms with E-state index < -0.39 is 17.7 Å². The molecular formula is C29H29NO7. The summed E-state index contributed by atoms with van der Waals surface area (Å²) in [6, 6.07) is 16.2. The van der Waals surface area contributed by atoms with E-state index >= 15 is 0 Å². The molecule has 8 nitrogen and oxygen atoms in total. The lowest BCUT2D eigenvalue weighted by Crippen LogP contribution is -2.29. The summed E-state index contributed by atoms with van der Waals surface area (Å²) in [7, 11) is 4.61. The number of ketones is 1. The fourth-order valence-electron chi connectivity index (χ4n) is 4.48. The highest BCUT2D eigenvalue weighted by Crippen LogP contribution is 2.45. The normalized spacial score (nSPS) is 16.6. The Morgan fingerprint density at radius 1 is 0.892 bits per heavy atom. The Balaban J connectivity index is 1.98. The van der Waals surface area contributed by atoms with Gasteiger partial charge in [0.25, 0.3) is 11.7 Å². The van der Waals surface area contributed by atoms with Gasteiger partial charge in [0.1, 0.15) is 17.3 Å². The zero-order chi connectivity index (χ0) is 26.7. The number of Topliss-reactive ketones (excluding diaryl/α,β-unsaturated/α-hetero) is 1. The summed E-state index contributed by atoms with van der Waals surface area (Å²) in [4.78, 5) is 28.3. The average molecular weight is 504 g/mol. The van der Waals surface area contributed by atoms with Crippen molar-refractivity contribution >= 4 is 23.1 Å². The molecule has 1 atom stereocenters. The summed E-state index contributed by atoms with van der Waals surface area (Å²) < 4.78 is 21.8. The molecule has 0 saturated carbocycles. The number of rotatable bonds is 8. The molecule has 1 aliphatic heterocycles. The monoisotopic (exact) mass is 503 g/mol. The number of ether oxygens (including phenoxy) is 4. The minimum atomic E-state index is -0.932. The van der Waals surface area contributed by atoms with E-state index in [1.165, 1.54) is 19.1 Å². The van der Waals surface area contributed by atoms with Crippen molar-refractivity contribution in [3.8, 4) is 23.0 Å². The number of aliphatic hydroxyl groups is 1. The number of aryl methyl sites for hydroxylation is 1. The summed E-state index contributed by atoms with van der Waals surface area (Å²) in [6.07, 6.45) is 0. The number of hydrogen-bond acceptors (Lipinski definition) is 7. The van der Waals surface area contributed by atoms with Crippen LogP contribution in [0.5, 0.6) is 23.0 Å². The first kappa shape index (κ1) is 25.6. The fraction of sp³-hybridized carbons (Fsp3) is 0.241. The molecule has 1 unspecified atom stereocenters. The number of benzene rings is 3. The molecule has 1 aliphatic rings. The number of anilines is 1. The standard InChI is InChI=1S/C29H29NO7/c1-6-37-24-15-18(10-13-23(24)36-5)26-25(27(31)22-12-11-21(35-4)14-17(22)2)28(32)29(33)30(26)19-8-7-9-20(16-19)34-3/h7-16,26,31H,6H2,1-5H3/b27-25+. The number of nitrogens with zero attached hydrogens (tertiary/aromatic N) is 1. The van der Waals surface area contributed by atoms with Gasteiger partial charge < -0.3 is 24.1 Å². The fourth-order valence-corrected chi connectivity index (χ4v) is 4.48. The summed E-state index contributed by atoms with van der Waals surface area (Å²) in [5.74, 6) is 0.263. The molecule has 3 aromatic carbocycles. The van der Waals surface area contributed by atoms with Crippen LogP contribution in [0, 0.1) is 6.92 Å². The molecule has 0 aromatic heterocycles. The maximum Gasteiger partial charge on any atom is 0.300 e. The molecular weight excluding hydrogens is 474 g/mol. The predicted octanol–water partition coefficient (Wildman–Crippen LogP) is 5.05. The van der Waals surface area contributed by atoms with Gasteiger partial charge in [-0.05, 0) is 67.4 Å². The van der Waals surface area contributed by atoms with Crippen molar-refractivity contribution < 1.29 is 33.6 Å². The first-order chi connectivity index (χ1) is 17.8. The molecule has 1 amide bonds. The summed E-state index contributed by atoms with van der Waals surface area (Å²) in [6.45, 7) is 4.03. The van der Waals surface area contributed by atoms with Gasteiger partial charge in [0.15, 0.2) is 11.5 Å². The third kappa shape index (κ3) is 4.70. The van der Waals surface area contributed by atoms with Crippen LogP contribution in [0.1, 0.15) is 29.7 Å². The van der Waals surface area contributed by atoms with Crippen molar-refractivity contribution in [1.29, 1.82) is 0 Å². The second-order valence-corrected chi connectivity index (χ2v) is 8.39. The Bertz CT molecular complexity index is 1380. The van der Waals surface area contributed by atoms with Gasteiger partial charge >= 0.3 is 0 Å². The van der Waals surface area contributed by atoms with Gasteiger partial charge in [0.05, 0.1) is 39.6 Å². The quantitative estimate of drug-likeness (QED) is 0.261. The second kappa shape index (κ2) is 10.7. The lowest BCUT2D eigenvalue weighted by atomic mass is 9.93. The van der Waals surface area contributed by atoms with E-state index in [0.717, 1.165) is 0 Å². The van der Waals surface area contributed by atoms with E-state index in [2.05, 4.69) is 0 Å². The predicted molar refractivity (Wildman–Crippen MR) is 140 cm³/mol. The molecule has 1 N–H and O–H groups in total. The van der Waals surface area contributed by atoms with Crippen LogP contribution in [0.25, 0.3) is 5.76 Å². The van der Waals surface area contributed by atoms with Crippen LogP contribution in [0.2, 0.25) is 0 Å². The minimum absolute atomic E-state index is 0.0336. The molecule has 37 heavy (non-hydrogen) atoms. The van der Waals surface area contributed by atoms with Crippen molar-refractivity contribution in [2.75, 3.05) is 32.8 Å². The van der Waals surface area contributed by atoms with Crippen LogP contribution < -0.4 is 23.8 Å². The summed E-state index contributed by atoms with van der Waals surface area (Å²) in [5, 5.41) is 11.5. The zero-order valence-electron chi connectivity index (χ0n) is 21.4. The van der Waals surface area contributed by atoms with Crippen LogP contribution in [-0.4, -0.2) is 44.7 Å². The SMILES string of the molecule is CCOc1cc(C2/C(=C(\O)c3ccc(OC)cc3C)C(=O)C(=O)N2c2cccc(OC)c2)ccc1OC. The van der Waals surface area contributed by atoms with Gasteiger partial charge in [-0.3, -0.25) is 14.5 Å². The van der Waals surface area contributed by atoms with E-state index in [1.807, 2.05) is 6.92 Å². The molecule has 0 radical (unpaired) electrons. The lowest BCUT2D eigenvalue weighted by molar-refractivity contribution is -0.132. The average Bonchev–Trinajstić information content (AvgIpc) is 3.18. The first-order valence-corrected chi connectivity index (χ1v) is 11.7. The zero-order valence-corrected chi connectivity index (χ0v) is 21.4. The summed E-state index contributed by atoms with van der Waals surface area (Å²) >= 11 is 0. The smallest absolute Gasteiger partial charge is 0.300 e. The topological polar surface area (TPSA) is 94.5 Å². The second-order valence-electron chi connectivity index (χ2n) is 8.39. The molecule has 1 fully saturated rings. The van der Waals surface area contributed by atoms with Gasteiger partial charge in [-0.1, -0.05) is 12.1 Å². The molecule has 192 valence electrons. The van der Waals surface area contributed by atoms with Crippen LogP contribution in [-0.2, 0) is 9.59 Å². The van der Waals surface area contributed by atoms with Gasteiger partial charge in [0.2, 0.25) is 0 Å². The highest BCUT2D eigenvalue weighted by molar-refractivity contribution is 6.51. The number of hydrogen-bond donors (Lipinski definition) is 1. The Kier molecular flexibility index (Phi) is 7.38. The molecule has 3 aromatic rings. The largest absolute Gasteiger partial charge is 0.507 e. The Morgan fingerprint density at radius 3 is 2.27 bits per heavy atom. The molecule has 0 aliphatic carbocycles. The van der Waals surface area contributed by atoms with Gasteiger partial charge in [-0.2, -0.15) is 0 Å². The van der Waals surface area contributed by atoms with Crippen molar-refractivity contribution in [2.24, 2.45) is 0 Å². The number of aliphatic hydroxyl groups excluding tert-OH is 1. The first-order valence-electron chi connectivity index (χ1n) is 11.7. The molecule has 8 heteroatoms. The molecule has 0 spiro atoms. The van der Waals surface area contributed by atoms with Crippen LogP contribution in [0.3, 0.4) is 0 Å². The van der Waals surface area contributed by atoms with Crippen molar-refractivity contribution in [3.05, 3.63) is 82.9 Å². The van der Waals surface area contributed by atoms with Crippen molar-refractivity contribution in [1.82, 2.24) is 0 Å². The maximum absolute atomic E-state index is 13.5. The number of amides is 1. The molecule has 4 rings (SSSR count). The minimum Gasteiger partial charge on any atom is -0.507 e. The number of carbonyl (C=O) groups is 2. The summed E-state index contributed by atoms with van der Waals surface area (Å²) in [5.41, 5.74) is 2.10. The third-order valence-corrected chi connectivity index (χ3v) is 6.27. The molecule has 1 heterocycles. The van der Waals surface area contributed by atoms with E-state index in [4.69, 9.17) is 18.9 Å². The lowest BCUT2D eigenvalue weighted by Gasteiger charge is -2.26. The Morgan fingerprint density at radius 2 is 1.62 bits per heavy atom. The molecule has 0 bridgehead atoms. The highest BCUT2D eigenvalue weighted by Gasteiger charge is 2.47. The van der Waals surface area contributed by atoms with Crippen molar-refractivity contribution in [2.45, 2.75) is 19.9 Å². The Hall–Kier alpha value is -4.46. The van der Waals surface area contributed by atoms with Crippen LogP contribution in [0.15, 0.2) is 66.2 Å². The maximum atomic E-state index is 13.5. The van der Waals surface area contributed by atoms with E-state index in [-0.39, 0.29) is 11.3 Å². The van der Waals surface area contributed by atoms with E-state index in [1.54, 1.807) is 74.7 Å². The number of carbonyl (C=O) groups excluding carboxylic acids is 2. The van der Waals surface area contributed by atoms with Gasteiger partial charge in [-0.25, -0.2) is 0 Å².